The highest BCUT2D eigenvalue weighted by atomic mass is 32.2. The summed E-state index contributed by atoms with van der Waals surface area (Å²) in [5, 5.41) is 2.54. The van der Waals surface area contributed by atoms with Crippen LogP contribution in [0.5, 0.6) is 0 Å². The van der Waals surface area contributed by atoms with Gasteiger partial charge in [-0.25, -0.2) is 8.42 Å². The molecule has 0 aromatic heterocycles. The number of hydrogen-bond donors (Lipinski definition) is 1. The molecule has 0 saturated carbocycles. The lowest BCUT2D eigenvalue weighted by Gasteiger charge is -2.21. The zero-order chi connectivity index (χ0) is 12.2. The summed E-state index contributed by atoms with van der Waals surface area (Å²) >= 11 is 0. The Morgan fingerprint density at radius 2 is 2.31 bits per heavy atom. The first-order valence-electron chi connectivity index (χ1n) is 5.05. The number of nitrogens with zero attached hydrogens (tertiary/aromatic N) is 1. The maximum Gasteiger partial charge on any atom is 0.234 e. The Hall–Kier alpha value is -1.06. The molecule has 5 nitrogen and oxygen atoms in total. The highest BCUT2D eigenvalue weighted by molar-refractivity contribution is 7.91. The Labute approximate surface area is 96.1 Å². The fourth-order valence-electron chi connectivity index (χ4n) is 1.68. The monoisotopic (exact) mass is 244 g/mol. The van der Waals surface area contributed by atoms with E-state index in [4.69, 9.17) is 6.42 Å². The molecule has 1 amide bonds. The Bertz CT molecular complexity index is 397. The van der Waals surface area contributed by atoms with E-state index in [1.165, 1.54) is 0 Å². The van der Waals surface area contributed by atoms with Crippen molar-refractivity contribution < 1.29 is 13.2 Å². The maximum atomic E-state index is 11.3. The van der Waals surface area contributed by atoms with Crippen LogP contribution >= 0.6 is 0 Å². The summed E-state index contributed by atoms with van der Waals surface area (Å²) in [7, 11) is -1.15. The van der Waals surface area contributed by atoms with Gasteiger partial charge in [0.25, 0.3) is 0 Å². The molecule has 1 rings (SSSR count). The summed E-state index contributed by atoms with van der Waals surface area (Å²) in [6.07, 6.45) is 5.61. The zero-order valence-corrected chi connectivity index (χ0v) is 10.1. The molecule has 1 N–H and O–H groups in total. The molecule has 6 heteroatoms. The van der Waals surface area contributed by atoms with Gasteiger partial charge in [-0.05, 0) is 13.5 Å². The van der Waals surface area contributed by atoms with Crippen molar-refractivity contribution in [1.82, 2.24) is 10.2 Å². The number of carbonyl (C=O) groups excluding carboxylic acids is 1. The highest BCUT2D eigenvalue weighted by Crippen LogP contribution is 2.15. The lowest BCUT2D eigenvalue weighted by Crippen LogP contribution is -2.41. The van der Waals surface area contributed by atoms with Crippen LogP contribution in [0.4, 0.5) is 0 Å². The quantitative estimate of drug-likeness (QED) is 0.635. The van der Waals surface area contributed by atoms with E-state index in [9.17, 15) is 13.2 Å². The Balaban J connectivity index is 2.39. The first-order valence-corrected chi connectivity index (χ1v) is 6.87. The number of rotatable bonds is 4. The molecule has 1 heterocycles. The van der Waals surface area contributed by atoms with Crippen molar-refractivity contribution in [2.45, 2.75) is 12.5 Å². The van der Waals surface area contributed by atoms with Gasteiger partial charge in [-0.1, -0.05) is 5.92 Å². The topological polar surface area (TPSA) is 66.5 Å². The van der Waals surface area contributed by atoms with E-state index in [1.54, 1.807) is 11.9 Å². The number of likely N-dealkylation sites (N-methyl/N-ethyl adjacent to an activating group) is 1. The summed E-state index contributed by atoms with van der Waals surface area (Å²) in [5.74, 6) is 2.49. The number of carbonyl (C=O) groups is 1. The molecule has 0 unspecified atom stereocenters. The lowest BCUT2D eigenvalue weighted by atomic mass is 10.2. The van der Waals surface area contributed by atoms with E-state index in [-0.39, 0.29) is 36.5 Å². The van der Waals surface area contributed by atoms with Crippen molar-refractivity contribution in [2.24, 2.45) is 0 Å². The van der Waals surface area contributed by atoms with Gasteiger partial charge in [-0.2, -0.15) is 0 Å². The van der Waals surface area contributed by atoms with Crippen LogP contribution in [0.3, 0.4) is 0 Å². The molecule has 0 aromatic carbocycles. The van der Waals surface area contributed by atoms with E-state index in [1.807, 2.05) is 0 Å². The molecule has 0 aromatic rings. The SMILES string of the molecule is C#CCNC(=O)CN(C)[C@H]1CCS(=O)(=O)C1. The summed E-state index contributed by atoms with van der Waals surface area (Å²) in [4.78, 5) is 13.1. The summed E-state index contributed by atoms with van der Waals surface area (Å²) in [6.45, 7) is 0.386. The minimum absolute atomic E-state index is 0.0541. The normalized spacial score (nSPS) is 22.9. The van der Waals surface area contributed by atoms with Crippen molar-refractivity contribution in [2.75, 3.05) is 31.6 Å². The zero-order valence-electron chi connectivity index (χ0n) is 9.27. The summed E-state index contributed by atoms with van der Waals surface area (Å²) in [5.41, 5.74) is 0. The fraction of sp³-hybridized carbons (Fsp3) is 0.700. The van der Waals surface area contributed by atoms with Crippen LogP contribution in [0.1, 0.15) is 6.42 Å². The molecule has 0 radical (unpaired) electrons. The third-order valence-corrected chi connectivity index (χ3v) is 4.36. The van der Waals surface area contributed by atoms with E-state index < -0.39 is 9.84 Å². The van der Waals surface area contributed by atoms with Gasteiger partial charge in [0.15, 0.2) is 9.84 Å². The van der Waals surface area contributed by atoms with Crippen molar-refractivity contribution in [3.8, 4) is 12.3 Å². The van der Waals surface area contributed by atoms with Gasteiger partial charge in [-0.15, -0.1) is 6.42 Å². The number of amides is 1. The van der Waals surface area contributed by atoms with Gasteiger partial charge in [0, 0.05) is 6.04 Å². The van der Waals surface area contributed by atoms with Gasteiger partial charge in [0.05, 0.1) is 24.6 Å². The molecule has 0 bridgehead atoms. The molecule has 0 aliphatic carbocycles. The molecule has 0 spiro atoms. The third kappa shape index (κ3) is 3.83. The number of hydrogen-bond acceptors (Lipinski definition) is 4. The molecule has 1 atom stereocenters. The standard InChI is InChI=1S/C10H16N2O3S/c1-3-5-11-10(13)7-12(2)9-4-6-16(14,15)8-9/h1,9H,4-8H2,2H3,(H,11,13)/t9-/m0/s1. The number of sulfone groups is 1. The molecule has 1 fully saturated rings. The summed E-state index contributed by atoms with van der Waals surface area (Å²) < 4.78 is 22.5. The second-order valence-electron chi connectivity index (χ2n) is 3.95. The first-order chi connectivity index (χ1) is 7.44. The van der Waals surface area contributed by atoms with Crippen LogP contribution in [0.15, 0.2) is 0 Å². The Kier molecular flexibility index (Phi) is 4.33. The van der Waals surface area contributed by atoms with Crippen LogP contribution in [-0.4, -0.2) is 56.9 Å². The van der Waals surface area contributed by atoms with Gasteiger partial charge in [-0.3, -0.25) is 9.69 Å². The molecule has 1 aliphatic heterocycles. The van der Waals surface area contributed by atoms with Gasteiger partial charge in [0.2, 0.25) is 5.91 Å². The van der Waals surface area contributed by atoms with E-state index in [2.05, 4.69) is 11.2 Å². The average Bonchev–Trinajstić information content (AvgIpc) is 2.56. The van der Waals surface area contributed by atoms with Crippen LogP contribution < -0.4 is 5.32 Å². The van der Waals surface area contributed by atoms with Crippen LogP contribution in [0.2, 0.25) is 0 Å². The largest absolute Gasteiger partial charge is 0.344 e. The fourth-order valence-corrected chi connectivity index (χ4v) is 3.49. The molecule has 90 valence electrons. The van der Waals surface area contributed by atoms with Gasteiger partial charge < -0.3 is 5.32 Å². The van der Waals surface area contributed by atoms with Crippen molar-refractivity contribution in [1.29, 1.82) is 0 Å². The number of nitrogens with one attached hydrogen (secondary N) is 1. The van der Waals surface area contributed by atoms with Gasteiger partial charge in [0.1, 0.15) is 0 Å². The second-order valence-corrected chi connectivity index (χ2v) is 6.18. The van der Waals surface area contributed by atoms with E-state index >= 15 is 0 Å². The smallest absolute Gasteiger partial charge is 0.234 e. The maximum absolute atomic E-state index is 11.3. The van der Waals surface area contributed by atoms with E-state index in [0.29, 0.717) is 6.42 Å². The van der Waals surface area contributed by atoms with Crippen LogP contribution in [0.25, 0.3) is 0 Å². The van der Waals surface area contributed by atoms with Crippen LogP contribution in [-0.2, 0) is 14.6 Å². The predicted molar refractivity (Wildman–Crippen MR) is 61.5 cm³/mol. The molecule has 1 saturated heterocycles. The molecule has 16 heavy (non-hydrogen) atoms. The van der Waals surface area contributed by atoms with Crippen molar-refractivity contribution in [3.63, 3.8) is 0 Å². The molecular formula is C10H16N2O3S. The highest BCUT2D eigenvalue weighted by Gasteiger charge is 2.31. The average molecular weight is 244 g/mol. The van der Waals surface area contributed by atoms with Crippen molar-refractivity contribution in [3.05, 3.63) is 0 Å². The Morgan fingerprint density at radius 3 is 2.81 bits per heavy atom. The van der Waals surface area contributed by atoms with E-state index in [0.717, 1.165) is 0 Å². The Morgan fingerprint density at radius 1 is 1.62 bits per heavy atom. The van der Waals surface area contributed by atoms with Crippen LogP contribution in [0, 0.1) is 12.3 Å². The first kappa shape index (κ1) is 13.0. The third-order valence-electron chi connectivity index (χ3n) is 2.61. The minimum Gasteiger partial charge on any atom is -0.344 e. The van der Waals surface area contributed by atoms with Gasteiger partial charge >= 0.3 is 0 Å². The minimum atomic E-state index is -2.90. The summed E-state index contributed by atoms with van der Waals surface area (Å²) in [6, 6.07) is -0.0541. The van der Waals surface area contributed by atoms with Crippen molar-refractivity contribution >= 4 is 15.7 Å². The molecule has 1 aliphatic rings. The lowest BCUT2D eigenvalue weighted by molar-refractivity contribution is -0.122. The second kappa shape index (κ2) is 5.32. The number of terminal acetylenes is 1. The predicted octanol–water partition coefficient (Wildman–Crippen LogP) is -1.15. The molecular weight excluding hydrogens is 228 g/mol.